The number of ether oxygens (including phenoxy) is 1. The second-order valence-corrected chi connectivity index (χ2v) is 4.43. The van der Waals surface area contributed by atoms with E-state index in [-0.39, 0.29) is 37.7 Å². The highest BCUT2D eigenvalue weighted by Gasteiger charge is 2.37. The Morgan fingerprint density at radius 3 is 2.50 bits per heavy atom. The third-order valence-electron chi connectivity index (χ3n) is 2.81. The van der Waals surface area contributed by atoms with Gasteiger partial charge in [0.15, 0.2) is 0 Å². The summed E-state index contributed by atoms with van der Waals surface area (Å²) in [6, 6.07) is 0. The lowest BCUT2D eigenvalue weighted by Gasteiger charge is -2.35. The lowest BCUT2D eigenvalue weighted by molar-refractivity contribution is -0.185. The topological polar surface area (TPSA) is 116 Å². The van der Waals surface area contributed by atoms with Gasteiger partial charge in [-0.1, -0.05) is 0 Å². The summed E-state index contributed by atoms with van der Waals surface area (Å²) >= 11 is 0. The largest absolute Gasteiger partial charge is 0.388 e. The number of Topliss-reactive ketones (excluding diaryl/α,β-unsaturated/α-hetero) is 1. The minimum atomic E-state index is -1.28. The van der Waals surface area contributed by atoms with Crippen LogP contribution in [0.5, 0.6) is 0 Å². The molecule has 1 aliphatic heterocycles. The molecule has 0 aromatic heterocycles. The smallest absolute Gasteiger partial charge is 0.220 e. The van der Waals surface area contributed by atoms with Gasteiger partial charge in [-0.05, 0) is 6.92 Å². The molecule has 1 saturated heterocycles. The maximum Gasteiger partial charge on any atom is 0.220 e. The molecule has 0 aliphatic carbocycles. The van der Waals surface area contributed by atoms with E-state index in [0.29, 0.717) is 0 Å². The molecular formula is C11H19NO6. The molecule has 1 amide bonds. The first-order valence-corrected chi connectivity index (χ1v) is 5.83. The van der Waals surface area contributed by atoms with Crippen molar-refractivity contribution in [3.63, 3.8) is 0 Å². The average Bonchev–Trinajstić information content (AvgIpc) is 2.32. The second kappa shape index (κ2) is 6.79. The van der Waals surface area contributed by atoms with Gasteiger partial charge in [0.2, 0.25) is 5.91 Å². The standard InChI is InChI=1S/C11H19NO6/c1-6(13)2-3-9(15)12-4-8-11(17)10(16)7(14)5-18-8/h7-8,10-11,14,16-17H,2-5H2,1H3,(H,12,15)/t7-,8+,10?,11-/m1/s1. The van der Waals surface area contributed by atoms with E-state index >= 15 is 0 Å². The van der Waals surface area contributed by atoms with Crippen LogP contribution in [0.1, 0.15) is 19.8 Å². The Morgan fingerprint density at radius 1 is 1.22 bits per heavy atom. The second-order valence-electron chi connectivity index (χ2n) is 4.43. The fraction of sp³-hybridized carbons (Fsp3) is 0.818. The molecule has 1 unspecified atom stereocenters. The number of carbonyl (C=O) groups is 2. The Labute approximate surface area is 105 Å². The van der Waals surface area contributed by atoms with Crippen molar-refractivity contribution >= 4 is 11.7 Å². The number of carbonyl (C=O) groups excluding carboxylic acids is 2. The third-order valence-corrected chi connectivity index (χ3v) is 2.81. The van der Waals surface area contributed by atoms with E-state index in [2.05, 4.69) is 5.32 Å². The van der Waals surface area contributed by atoms with E-state index in [9.17, 15) is 24.9 Å². The van der Waals surface area contributed by atoms with Gasteiger partial charge < -0.3 is 30.2 Å². The Morgan fingerprint density at radius 2 is 1.89 bits per heavy atom. The fourth-order valence-corrected chi connectivity index (χ4v) is 1.64. The SMILES string of the molecule is CC(=O)CCC(=O)NC[C@@H]1OC[C@@H](O)C(O)[C@@H]1O. The molecule has 0 saturated carbocycles. The van der Waals surface area contributed by atoms with Crippen molar-refractivity contribution in [2.45, 2.75) is 44.2 Å². The zero-order valence-corrected chi connectivity index (χ0v) is 10.2. The summed E-state index contributed by atoms with van der Waals surface area (Å²) in [6.07, 6.45) is -4.15. The molecule has 0 spiro atoms. The van der Waals surface area contributed by atoms with Crippen LogP contribution in [0.3, 0.4) is 0 Å². The van der Waals surface area contributed by atoms with E-state index in [0.717, 1.165) is 0 Å². The fourth-order valence-electron chi connectivity index (χ4n) is 1.64. The van der Waals surface area contributed by atoms with E-state index < -0.39 is 24.4 Å². The zero-order chi connectivity index (χ0) is 13.7. The molecule has 7 heteroatoms. The van der Waals surface area contributed by atoms with Crippen LogP contribution in [0.2, 0.25) is 0 Å². The number of hydrogen-bond acceptors (Lipinski definition) is 6. The van der Waals surface area contributed by atoms with Gasteiger partial charge in [0.25, 0.3) is 0 Å². The molecule has 7 nitrogen and oxygen atoms in total. The van der Waals surface area contributed by atoms with Crippen LogP contribution >= 0.6 is 0 Å². The lowest BCUT2D eigenvalue weighted by Crippen LogP contribution is -2.56. The Hall–Kier alpha value is -1.02. The zero-order valence-electron chi connectivity index (χ0n) is 10.2. The van der Waals surface area contributed by atoms with Gasteiger partial charge in [0.1, 0.15) is 30.2 Å². The number of ketones is 1. The van der Waals surface area contributed by atoms with Crippen molar-refractivity contribution in [1.29, 1.82) is 0 Å². The monoisotopic (exact) mass is 261 g/mol. The summed E-state index contributed by atoms with van der Waals surface area (Å²) in [6.45, 7) is 1.34. The molecule has 104 valence electrons. The van der Waals surface area contributed by atoms with E-state index in [1.54, 1.807) is 0 Å². The molecular weight excluding hydrogens is 242 g/mol. The van der Waals surface area contributed by atoms with Crippen LogP contribution in [0.25, 0.3) is 0 Å². The van der Waals surface area contributed by atoms with E-state index in [4.69, 9.17) is 4.74 Å². The molecule has 1 aliphatic rings. The third kappa shape index (κ3) is 4.34. The van der Waals surface area contributed by atoms with Crippen LogP contribution in [-0.4, -0.2) is 64.6 Å². The molecule has 1 heterocycles. The molecule has 0 aromatic carbocycles. The number of rotatable bonds is 5. The average molecular weight is 261 g/mol. The maximum absolute atomic E-state index is 11.3. The summed E-state index contributed by atoms with van der Waals surface area (Å²) in [7, 11) is 0. The molecule has 1 rings (SSSR count). The number of hydrogen-bond donors (Lipinski definition) is 4. The Kier molecular flexibility index (Phi) is 5.67. The van der Waals surface area contributed by atoms with Gasteiger partial charge in [-0.2, -0.15) is 0 Å². The lowest BCUT2D eigenvalue weighted by atomic mass is 10.00. The van der Waals surface area contributed by atoms with Gasteiger partial charge in [-0.3, -0.25) is 4.79 Å². The van der Waals surface area contributed by atoms with Crippen LogP contribution in [0.15, 0.2) is 0 Å². The Bertz CT molecular complexity index is 308. The summed E-state index contributed by atoms with van der Waals surface area (Å²) < 4.78 is 5.11. The van der Waals surface area contributed by atoms with Crippen molar-refractivity contribution in [3.8, 4) is 0 Å². The molecule has 4 atom stereocenters. The molecule has 18 heavy (non-hydrogen) atoms. The first kappa shape index (κ1) is 15.0. The molecule has 4 N–H and O–H groups in total. The molecule has 1 fully saturated rings. The van der Waals surface area contributed by atoms with Crippen molar-refractivity contribution in [2.75, 3.05) is 13.2 Å². The van der Waals surface area contributed by atoms with E-state index in [1.807, 2.05) is 0 Å². The van der Waals surface area contributed by atoms with Gasteiger partial charge in [0.05, 0.1) is 6.61 Å². The minimum absolute atomic E-state index is 0.0294. The normalized spacial score (nSPS) is 32.0. The first-order valence-electron chi connectivity index (χ1n) is 5.83. The van der Waals surface area contributed by atoms with Crippen LogP contribution in [0.4, 0.5) is 0 Å². The highest BCUT2D eigenvalue weighted by molar-refractivity contribution is 5.83. The van der Waals surface area contributed by atoms with Gasteiger partial charge in [0, 0.05) is 19.4 Å². The minimum Gasteiger partial charge on any atom is -0.388 e. The molecule has 0 aromatic rings. The van der Waals surface area contributed by atoms with Crippen molar-refractivity contribution in [2.24, 2.45) is 0 Å². The van der Waals surface area contributed by atoms with Gasteiger partial charge >= 0.3 is 0 Å². The van der Waals surface area contributed by atoms with Crippen molar-refractivity contribution in [1.82, 2.24) is 5.32 Å². The van der Waals surface area contributed by atoms with Crippen LogP contribution in [-0.2, 0) is 14.3 Å². The number of amides is 1. The van der Waals surface area contributed by atoms with Crippen LogP contribution < -0.4 is 5.32 Å². The predicted molar refractivity (Wildman–Crippen MR) is 60.7 cm³/mol. The van der Waals surface area contributed by atoms with Gasteiger partial charge in [-0.15, -0.1) is 0 Å². The predicted octanol–water partition coefficient (Wildman–Crippen LogP) is -2.05. The molecule has 0 bridgehead atoms. The Balaban J connectivity index is 2.30. The highest BCUT2D eigenvalue weighted by atomic mass is 16.5. The maximum atomic E-state index is 11.3. The summed E-state index contributed by atoms with van der Waals surface area (Å²) in [5.74, 6) is -0.390. The van der Waals surface area contributed by atoms with Crippen molar-refractivity contribution < 1.29 is 29.6 Å². The van der Waals surface area contributed by atoms with E-state index in [1.165, 1.54) is 6.92 Å². The summed E-state index contributed by atoms with van der Waals surface area (Å²) in [5, 5.41) is 30.8. The number of aliphatic hydroxyl groups is 3. The summed E-state index contributed by atoms with van der Waals surface area (Å²) in [5.41, 5.74) is 0. The quantitative estimate of drug-likeness (QED) is 0.453. The van der Waals surface area contributed by atoms with Crippen LogP contribution in [0, 0.1) is 0 Å². The number of nitrogens with one attached hydrogen (secondary N) is 1. The number of aliphatic hydroxyl groups excluding tert-OH is 3. The van der Waals surface area contributed by atoms with Gasteiger partial charge in [-0.25, -0.2) is 0 Å². The first-order chi connectivity index (χ1) is 8.41. The van der Waals surface area contributed by atoms with Crippen molar-refractivity contribution in [3.05, 3.63) is 0 Å². The summed E-state index contributed by atoms with van der Waals surface area (Å²) in [4.78, 5) is 22.0. The molecule has 0 radical (unpaired) electrons. The highest BCUT2D eigenvalue weighted by Crippen LogP contribution is 2.14.